The Kier molecular flexibility index (Phi) is 4.57. The summed E-state index contributed by atoms with van der Waals surface area (Å²) < 4.78 is 7.59. The molecule has 3 rings (SSSR count). The van der Waals surface area contributed by atoms with Gasteiger partial charge in [-0.25, -0.2) is 9.78 Å². The number of pyridine rings is 1. The molecule has 1 fully saturated rings. The molecule has 2 aromatic heterocycles. The Balaban J connectivity index is 1.65. The van der Waals surface area contributed by atoms with Gasteiger partial charge in [-0.1, -0.05) is 0 Å². The summed E-state index contributed by atoms with van der Waals surface area (Å²) in [5.41, 5.74) is 2.02. The summed E-state index contributed by atoms with van der Waals surface area (Å²) in [4.78, 5) is 16.4. The highest BCUT2D eigenvalue weighted by molar-refractivity contribution is 5.88. The van der Waals surface area contributed by atoms with E-state index < -0.39 is 0 Å². The molecule has 2 atom stereocenters. The summed E-state index contributed by atoms with van der Waals surface area (Å²) in [6.07, 6.45) is 7.00. The second-order valence-corrected chi connectivity index (χ2v) is 5.80. The van der Waals surface area contributed by atoms with Gasteiger partial charge in [0.1, 0.15) is 11.9 Å². The van der Waals surface area contributed by atoms with Crippen LogP contribution in [-0.2, 0) is 11.8 Å². The van der Waals surface area contributed by atoms with Crippen molar-refractivity contribution in [2.75, 3.05) is 11.9 Å². The van der Waals surface area contributed by atoms with Crippen molar-refractivity contribution in [3.8, 4) is 0 Å². The van der Waals surface area contributed by atoms with E-state index in [2.05, 4.69) is 20.7 Å². The number of urea groups is 1. The molecule has 0 aliphatic carbocycles. The lowest BCUT2D eigenvalue weighted by Crippen LogP contribution is -2.44. The molecule has 1 saturated heterocycles. The van der Waals surface area contributed by atoms with Crippen LogP contribution < -0.4 is 10.6 Å². The zero-order valence-electron chi connectivity index (χ0n) is 13.3. The standard InChI is InChI=1S/C16H21N5O2/c1-11-5-6-17-14(8-11)20-16(22)19-13-4-3-7-23-15(13)12-9-18-21(2)10-12/h5-6,8-10,13,15H,3-4,7H2,1-2H3,(H2,17,19,20,22)/t13-,15+/m0/s1. The number of amides is 2. The molecule has 0 aromatic carbocycles. The van der Waals surface area contributed by atoms with E-state index in [-0.39, 0.29) is 18.2 Å². The Bertz CT molecular complexity index is 685. The normalized spacial score (nSPS) is 21.0. The van der Waals surface area contributed by atoms with Crippen molar-refractivity contribution < 1.29 is 9.53 Å². The summed E-state index contributed by atoms with van der Waals surface area (Å²) in [6, 6.07) is 3.36. The molecule has 7 heteroatoms. The molecular weight excluding hydrogens is 294 g/mol. The molecule has 122 valence electrons. The largest absolute Gasteiger partial charge is 0.371 e. The lowest BCUT2D eigenvalue weighted by molar-refractivity contribution is -0.00700. The van der Waals surface area contributed by atoms with E-state index in [4.69, 9.17) is 4.74 Å². The number of hydrogen-bond acceptors (Lipinski definition) is 4. The van der Waals surface area contributed by atoms with Gasteiger partial charge in [0.15, 0.2) is 0 Å². The minimum atomic E-state index is -0.271. The molecule has 2 aromatic rings. The maximum absolute atomic E-state index is 12.2. The van der Waals surface area contributed by atoms with Gasteiger partial charge in [-0.2, -0.15) is 5.10 Å². The Morgan fingerprint density at radius 3 is 3.09 bits per heavy atom. The minimum absolute atomic E-state index is 0.0854. The highest BCUT2D eigenvalue weighted by Crippen LogP contribution is 2.28. The number of aromatic nitrogens is 3. The van der Waals surface area contributed by atoms with E-state index >= 15 is 0 Å². The van der Waals surface area contributed by atoms with Gasteiger partial charge in [0.25, 0.3) is 0 Å². The smallest absolute Gasteiger partial charge is 0.320 e. The van der Waals surface area contributed by atoms with E-state index in [0.717, 1.165) is 24.0 Å². The van der Waals surface area contributed by atoms with Crippen LogP contribution in [0.25, 0.3) is 0 Å². The van der Waals surface area contributed by atoms with Crippen LogP contribution in [0.3, 0.4) is 0 Å². The molecule has 2 amide bonds. The van der Waals surface area contributed by atoms with Crippen LogP contribution >= 0.6 is 0 Å². The van der Waals surface area contributed by atoms with Gasteiger partial charge < -0.3 is 10.1 Å². The molecule has 0 bridgehead atoms. The van der Waals surface area contributed by atoms with Gasteiger partial charge in [-0.15, -0.1) is 0 Å². The van der Waals surface area contributed by atoms with Gasteiger partial charge in [0.2, 0.25) is 0 Å². The number of nitrogens with zero attached hydrogens (tertiary/aromatic N) is 3. The Morgan fingerprint density at radius 1 is 1.48 bits per heavy atom. The predicted octanol–water partition coefficient (Wildman–Crippen LogP) is 2.17. The zero-order chi connectivity index (χ0) is 16.2. The van der Waals surface area contributed by atoms with Gasteiger partial charge in [0.05, 0.1) is 12.2 Å². The summed E-state index contributed by atoms with van der Waals surface area (Å²) >= 11 is 0. The molecular formula is C16H21N5O2. The average molecular weight is 315 g/mol. The lowest BCUT2D eigenvalue weighted by atomic mass is 9.98. The molecule has 0 spiro atoms. The highest BCUT2D eigenvalue weighted by Gasteiger charge is 2.29. The third kappa shape index (κ3) is 3.87. The summed E-state index contributed by atoms with van der Waals surface area (Å²) in [5.74, 6) is 0.539. The molecule has 2 N–H and O–H groups in total. The number of carbonyl (C=O) groups excluding carboxylic acids is 1. The number of rotatable bonds is 3. The van der Waals surface area contributed by atoms with Crippen molar-refractivity contribution in [3.05, 3.63) is 41.9 Å². The topological polar surface area (TPSA) is 81.1 Å². The first-order chi connectivity index (χ1) is 11.1. The molecule has 1 aliphatic heterocycles. The SMILES string of the molecule is Cc1ccnc(NC(=O)N[C@H]2CCCO[C@@H]2c2cnn(C)c2)c1. The third-order valence-electron chi connectivity index (χ3n) is 3.85. The van der Waals surface area contributed by atoms with Crippen LogP contribution in [0, 0.1) is 6.92 Å². The predicted molar refractivity (Wildman–Crippen MR) is 86.1 cm³/mol. The maximum atomic E-state index is 12.2. The van der Waals surface area contributed by atoms with E-state index in [1.807, 2.05) is 32.3 Å². The Hall–Kier alpha value is -2.41. The second kappa shape index (κ2) is 6.78. The van der Waals surface area contributed by atoms with Crippen molar-refractivity contribution in [1.82, 2.24) is 20.1 Å². The Labute approximate surface area is 135 Å². The molecule has 1 aliphatic rings. The van der Waals surface area contributed by atoms with Crippen molar-refractivity contribution in [2.45, 2.75) is 31.9 Å². The van der Waals surface area contributed by atoms with E-state index in [9.17, 15) is 4.79 Å². The van der Waals surface area contributed by atoms with Crippen molar-refractivity contribution in [3.63, 3.8) is 0 Å². The Morgan fingerprint density at radius 2 is 2.35 bits per heavy atom. The van der Waals surface area contributed by atoms with Crippen LogP contribution in [-0.4, -0.2) is 33.4 Å². The maximum Gasteiger partial charge on any atom is 0.320 e. The fourth-order valence-electron chi connectivity index (χ4n) is 2.77. The van der Waals surface area contributed by atoms with Crippen LogP contribution in [0.2, 0.25) is 0 Å². The summed E-state index contributed by atoms with van der Waals surface area (Å²) in [5, 5.41) is 9.94. The van der Waals surface area contributed by atoms with Gasteiger partial charge in [-0.3, -0.25) is 10.00 Å². The van der Waals surface area contributed by atoms with Gasteiger partial charge in [-0.05, 0) is 37.5 Å². The number of ether oxygens (including phenoxy) is 1. The van der Waals surface area contributed by atoms with Gasteiger partial charge in [0, 0.05) is 31.6 Å². The number of hydrogen-bond donors (Lipinski definition) is 2. The van der Waals surface area contributed by atoms with E-state index in [1.165, 1.54) is 0 Å². The van der Waals surface area contributed by atoms with Crippen LogP contribution in [0.4, 0.5) is 10.6 Å². The molecule has 3 heterocycles. The number of aryl methyl sites for hydroxylation is 2. The highest BCUT2D eigenvalue weighted by atomic mass is 16.5. The van der Waals surface area contributed by atoms with Crippen molar-refractivity contribution in [2.24, 2.45) is 7.05 Å². The van der Waals surface area contributed by atoms with Crippen LogP contribution in [0.1, 0.15) is 30.1 Å². The first-order valence-corrected chi connectivity index (χ1v) is 7.72. The number of nitrogens with one attached hydrogen (secondary N) is 2. The zero-order valence-corrected chi connectivity index (χ0v) is 13.3. The quantitative estimate of drug-likeness (QED) is 0.909. The van der Waals surface area contributed by atoms with Crippen LogP contribution in [0.15, 0.2) is 30.7 Å². The lowest BCUT2D eigenvalue weighted by Gasteiger charge is -2.31. The molecule has 0 radical (unpaired) electrons. The van der Waals surface area contributed by atoms with E-state index in [0.29, 0.717) is 12.4 Å². The average Bonchev–Trinajstić information content (AvgIpc) is 2.94. The molecule has 23 heavy (non-hydrogen) atoms. The molecule has 0 unspecified atom stereocenters. The fraction of sp³-hybridized carbons (Fsp3) is 0.438. The number of anilines is 1. The number of carbonyl (C=O) groups is 1. The third-order valence-corrected chi connectivity index (χ3v) is 3.85. The first kappa shape index (κ1) is 15.5. The van der Waals surface area contributed by atoms with Gasteiger partial charge >= 0.3 is 6.03 Å². The molecule has 7 nitrogen and oxygen atoms in total. The first-order valence-electron chi connectivity index (χ1n) is 7.72. The van der Waals surface area contributed by atoms with Crippen molar-refractivity contribution >= 4 is 11.8 Å². The summed E-state index contributed by atoms with van der Waals surface area (Å²) in [7, 11) is 1.87. The minimum Gasteiger partial charge on any atom is -0.371 e. The second-order valence-electron chi connectivity index (χ2n) is 5.80. The summed E-state index contributed by atoms with van der Waals surface area (Å²) in [6.45, 7) is 2.65. The van der Waals surface area contributed by atoms with E-state index in [1.54, 1.807) is 17.1 Å². The molecule has 0 saturated carbocycles. The monoisotopic (exact) mass is 315 g/mol. The van der Waals surface area contributed by atoms with Crippen LogP contribution in [0.5, 0.6) is 0 Å². The fourth-order valence-corrected chi connectivity index (χ4v) is 2.77. The van der Waals surface area contributed by atoms with Crippen molar-refractivity contribution in [1.29, 1.82) is 0 Å².